The molecular weight excluding hydrogens is 367 g/mol. The van der Waals surface area contributed by atoms with Crippen molar-refractivity contribution in [1.29, 1.82) is 0 Å². The van der Waals surface area contributed by atoms with E-state index in [9.17, 15) is 9.18 Å². The Kier molecular flexibility index (Phi) is 6.30. The number of hydrogen-bond acceptors (Lipinski definition) is 3. The normalized spacial score (nSPS) is 19.1. The largest absolute Gasteiger partial charge is 0.371 e. The fraction of sp³-hybridized carbons (Fsp3) is 0.435. The van der Waals surface area contributed by atoms with Crippen LogP contribution in [0, 0.1) is 11.7 Å². The van der Waals surface area contributed by atoms with Crippen molar-refractivity contribution >= 4 is 11.7 Å². The van der Waals surface area contributed by atoms with E-state index in [0.29, 0.717) is 19.0 Å². The number of urea groups is 1. The van der Waals surface area contributed by atoms with E-state index < -0.39 is 0 Å². The monoisotopic (exact) mass is 396 g/mol. The molecular formula is C23H29FN4O. The number of anilines is 1. The van der Waals surface area contributed by atoms with Gasteiger partial charge in [-0.1, -0.05) is 24.3 Å². The SMILES string of the molecule is O=C(NCCN1CCc2ccccc2C1)NC[C@H]1CCN(c2ccc(F)cc2)C1. The van der Waals surface area contributed by atoms with Crippen LogP contribution in [0.1, 0.15) is 17.5 Å². The second-order valence-corrected chi connectivity index (χ2v) is 8.01. The molecule has 1 fully saturated rings. The van der Waals surface area contributed by atoms with Crippen LogP contribution in [-0.4, -0.2) is 50.2 Å². The number of rotatable bonds is 6. The van der Waals surface area contributed by atoms with Gasteiger partial charge in [0.15, 0.2) is 0 Å². The van der Waals surface area contributed by atoms with Crippen molar-refractivity contribution in [2.24, 2.45) is 5.92 Å². The standard InChI is InChI=1S/C23H29FN4O/c24-21-5-7-22(8-6-21)28-13-9-18(16-28)15-26-23(29)25-11-14-27-12-10-19-3-1-2-4-20(19)17-27/h1-8,18H,9-17H2,(H2,25,26,29)/t18-/m1/s1. The van der Waals surface area contributed by atoms with Gasteiger partial charge in [-0.25, -0.2) is 9.18 Å². The molecule has 2 aromatic carbocycles. The maximum Gasteiger partial charge on any atom is 0.314 e. The lowest BCUT2D eigenvalue weighted by Crippen LogP contribution is -2.43. The first-order valence-electron chi connectivity index (χ1n) is 10.5. The minimum atomic E-state index is -0.211. The van der Waals surface area contributed by atoms with Crippen LogP contribution >= 0.6 is 0 Å². The lowest BCUT2D eigenvalue weighted by molar-refractivity contribution is 0.229. The third-order valence-electron chi connectivity index (χ3n) is 5.95. The topological polar surface area (TPSA) is 47.6 Å². The molecule has 1 atom stereocenters. The van der Waals surface area contributed by atoms with Gasteiger partial charge in [0.05, 0.1) is 0 Å². The second kappa shape index (κ2) is 9.27. The Morgan fingerprint density at radius 1 is 1.03 bits per heavy atom. The van der Waals surface area contributed by atoms with Gasteiger partial charge in [0, 0.05) is 51.5 Å². The Morgan fingerprint density at radius 2 is 1.83 bits per heavy atom. The number of benzene rings is 2. The highest BCUT2D eigenvalue weighted by Crippen LogP contribution is 2.23. The first-order valence-corrected chi connectivity index (χ1v) is 10.5. The fourth-order valence-electron chi connectivity index (χ4n) is 4.26. The fourth-order valence-corrected chi connectivity index (χ4v) is 4.26. The Hall–Kier alpha value is -2.60. The summed E-state index contributed by atoms with van der Waals surface area (Å²) in [5, 5.41) is 5.98. The van der Waals surface area contributed by atoms with Gasteiger partial charge in [-0.3, -0.25) is 4.90 Å². The lowest BCUT2D eigenvalue weighted by atomic mass is 10.00. The number of hydrogen-bond donors (Lipinski definition) is 2. The van der Waals surface area contributed by atoms with Crippen LogP contribution in [0.4, 0.5) is 14.9 Å². The summed E-state index contributed by atoms with van der Waals surface area (Å²) in [5.41, 5.74) is 3.89. The van der Waals surface area contributed by atoms with Crippen LogP contribution in [0.15, 0.2) is 48.5 Å². The number of halogens is 1. The molecule has 2 aromatic rings. The van der Waals surface area contributed by atoms with Gasteiger partial charge in [0.1, 0.15) is 5.82 Å². The van der Waals surface area contributed by atoms with Gasteiger partial charge in [0.2, 0.25) is 0 Å². The zero-order valence-corrected chi connectivity index (χ0v) is 16.7. The first kappa shape index (κ1) is 19.7. The van der Waals surface area contributed by atoms with E-state index in [2.05, 4.69) is 44.7 Å². The van der Waals surface area contributed by atoms with Crippen molar-refractivity contribution in [3.05, 3.63) is 65.5 Å². The van der Waals surface area contributed by atoms with E-state index in [-0.39, 0.29) is 11.8 Å². The number of nitrogens with zero attached hydrogens (tertiary/aromatic N) is 2. The summed E-state index contributed by atoms with van der Waals surface area (Å²) in [6, 6.07) is 15.1. The summed E-state index contributed by atoms with van der Waals surface area (Å²) in [6.45, 7) is 6.02. The zero-order valence-electron chi connectivity index (χ0n) is 16.7. The molecule has 29 heavy (non-hydrogen) atoms. The number of carbonyl (C=O) groups is 1. The lowest BCUT2D eigenvalue weighted by Gasteiger charge is -2.28. The highest BCUT2D eigenvalue weighted by Gasteiger charge is 2.23. The molecule has 2 amide bonds. The van der Waals surface area contributed by atoms with E-state index in [0.717, 1.165) is 51.3 Å². The molecule has 0 aliphatic carbocycles. The molecule has 2 heterocycles. The van der Waals surface area contributed by atoms with E-state index in [4.69, 9.17) is 0 Å². The van der Waals surface area contributed by atoms with E-state index >= 15 is 0 Å². The second-order valence-electron chi connectivity index (χ2n) is 8.01. The Bertz CT molecular complexity index is 826. The van der Waals surface area contributed by atoms with Gasteiger partial charge in [0.25, 0.3) is 0 Å². The maximum absolute atomic E-state index is 13.1. The molecule has 0 radical (unpaired) electrons. The molecule has 6 heteroatoms. The summed E-state index contributed by atoms with van der Waals surface area (Å²) in [5.74, 6) is 0.209. The van der Waals surface area contributed by atoms with Gasteiger partial charge < -0.3 is 15.5 Å². The quantitative estimate of drug-likeness (QED) is 0.789. The van der Waals surface area contributed by atoms with Crippen LogP contribution in [-0.2, 0) is 13.0 Å². The summed E-state index contributed by atoms with van der Waals surface area (Å²) in [4.78, 5) is 16.8. The molecule has 0 aromatic heterocycles. The molecule has 2 N–H and O–H groups in total. The van der Waals surface area contributed by atoms with E-state index in [1.54, 1.807) is 0 Å². The average Bonchev–Trinajstić information content (AvgIpc) is 3.22. The van der Waals surface area contributed by atoms with Gasteiger partial charge >= 0.3 is 6.03 Å². The van der Waals surface area contributed by atoms with E-state index in [1.807, 2.05) is 12.1 Å². The smallest absolute Gasteiger partial charge is 0.314 e. The molecule has 1 saturated heterocycles. The van der Waals surface area contributed by atoms with Gasteiger partial charge in [-0.2, -0.15) is 0 Å². The van der Waals surface area contributed by atoms with Crippen molar-refractivity contribution in [2.45, 2.75) is 19.4 Å². The average molecular weight is 397 g/mol. The van der Waals surface area contributed by atoms with Crippen LogP contribution in [0.5, 0.6) is 0 Å². The Balaban J connectivity index is 1.13. The molecule has 0 saturated carbocycles. The molecule has 0 unspecified atom stereocenters. The summed E-state index contributed by atoms with van der Waals surface area (Å²) in [7, 11) is 0. The van der Waals surface area contributed by atoms with E-state index in [1.165, 1.54) is 23.3 Å². The minimum absolute atomic E-state index is 0.0948. The molecule has 2 aliphatic rings. The van der Waals surface area contributed by atoms with Crippen molar-refractivity contribution in [1.82, 2.24) is 15.5 Å². The molecule has 0 spiro atoms. The van der Waals surface area contributed by atoms with Crippen LogP contribution in [0.2, 0.25) is 0 Å². The predicted octanol–water partition coefficient (Wildman–Crippen LogP) is 3.01. The highest BCUT2D eigenvalue weighted by molar-refractivity contribution is 5.73. The number of nitrogens with one attached hydrogen (secondary N) is 2. The van der Waals surface area contributed by atoms with Crippen molar-refractivity contribution in [3.8, 4) is 0 Å². The maximum atomic E-state index is 13.1. The van der Waals surface area contributed by atoms with Crippen molar-refractivity contribution in [3.63, 3.8) is 0 Å². The third-order valence-corrected chi connectivity index (χ3v) is 5.95. The van der Waals surface area contributed by atoms with Crippen LogP contribution < -0.4 is 15.5 Å². The Labute approximate surface area is 171 Å². The predicted molar refractivity (Wildman–Crippen MR) is 114 cm³/mol. The van der Waals surface area contributed by atoms with Gasteiger partial charge in [-0.05, 0) is 54.2 Å². The summed E-state index contributed by atoms with van der Waals surface area (Å²) >= 11 is 0. The van der Waals surface area contributed by atoms with Crippen LogP contribution in [0.3, 0.4) is 0 Å². The van der Waals surface area contributed by atoms with Crippen LogP contribution in [0.25, 0.3) is 0 Å². The zero-order chi connectivity index (χ0) is 20.1. The molecule has 0 bridgehead atoms. The number of carbonyl (C=O) groups excluding carboxylic acids is 1. The summed E-state index contributed by atoms with van der Waals surface area (Å²) < 4.78 is 13.1. The molecule has 2 aliphatic heterocycles. The third kappa shape index (κ3) is 5.26. The molecule has 5 nitrogen and oxygen atoms in total. The first-order chi connectivity index (χ1) is 14.2. The Morgan fingerprint density at radius 3 is 2.66 bits per heavy atom. The molecule has 154 valence electrons. The minimum Gasteiger partial charge on any atom is -0.371 e. The van der Waals surface area contributed by atoms with Gasteiger partial charge in [-0.15, -0.1) is 0 Å². The summed E-state index contributed by atoms with van der Waals surface area (Å²) in [6.07, 6.45) is 2.11. The highest BCUT2D eigenvalue weighted by atomic mass is 19.1. The molecule has 4 rings (SSSR count). The number of amides is 2. The van der Waals surface area contributed by atoms with Crippen molar-refractivity contribution in [2.75, 3.05) is 44.2 Å². The number of fused-ring (bicyclic) bond motifs is 1. The van der Waals surface area contributed by atoms with Crippen molar-refractivity contribution < 1.29 is 9.18 Å².